The summed E-state index contributed by atoms with van der Waals surface area (Å²) in [5.74, 6) is 1.07. The molecule has 0 radical (unpaired) electrons. The van der Waals surface area contributed by atoms with Gasteiger partial charge >= 0.3 is 0 Å². The maximum absolute atomic E-state index is 14.1. The number of benzene rings is 1. The van der Waals surface area contributed by atoms with Crippen molar-refractivity contribution in [3.05, 3.63) is 47.8 Å². The summed E-state index contributed by atoms with van der Waals surface area (Å²) in [5, 5.41) is 3.28. The van der Waals surface area contributed by atoms with E-state index < -0.39 is 0 Å². The molecule has 0 aliphatic carbocycles. The van der Waals surface area contributed by atoms with E-state index >= 15 is 0 Å². The molecule has 21 heavy (non-hydrogen) atoms. The van der Waals surface area contributed by atoms with Gasteiger partial charge in [-0.05, 0) is 26.0 Å². The van der Waals surface area contributed by atoms with Crippen LogP contribution in [0.4, 0.5) is 4.39 Å². The Kier molecular flexibility index (Phi) is 5.33. The number of ether oxygens (including phenoxy) is 1. The van der Waals surface area contributed by atoms with Crippen LogP contribution in [0.3, 0.4) is 0 Å². The third-order valence-electron chi connectivity index (χ3n) is 3.43. The number of aromatic nitrogens is 2. The van der Waals surface area contributed by atoms with Crippen LogP contribution in [0.2, 0.25) is 0 Å². The molecule has 1 unspecified atom stereocenters. The second-order valence-electron chi connectivity index (χ2n) is 5.10. The lowest BCUT2D eigenvalue weighted by Gasteiger charge is -2.15. The highest BCUT2D eigenvalue weighted by atomic mass is 19.1. The second kappa shape index (κ2) is 7.22. The highest BCUT2D eigenvalue weighted by molar-refractivity contribution is 5.30. The molecule has 5 heteroatoms. The van der Waals surface area contributed by atoms with Gasteiger partial charge in [-0.15, -0.1) is 0 Å². The Morgan fingerprint density at radius 2 is 2.24 bits per heavy atom. The van der Waals surface area contributed by atoms with Crippen LogP contribution in [0.15, 0.2) is 30.6 Å². The summed E-state index contributed by atoms with van der Waals surface area (Å²) in [4.78, 5) is 4.17. The summed E-state index contributed by atoms with van der Waals surface area (Å²) >= 11 is 0. The fraction of sp³-hybridized carbons (Fsp3) is 0.438. The van der Waals surface area contributed by atoms with E-state index in [1.54, 1.807) is 18.3 Å². The van der Waals surface area contributed by atoms with Gasteiger partial charge in [0.25, 0.3) is 0 Å². The normalized spacial score (nSPS) is 12.4. The number of nitrogens with zero attached hydrogens (tertiary/aromatic N) is 2. The summed E-state index contributed by atoms with van der Waals surface area (Å²) < 4.78 is 21.6. The third kappa shape index (κ3) is 4.04. The monoisotopic (exact) mass is 291 g/mol. The molecular weight excluding hydrogens is 269 g/mol. The molecule has 0 aliphatic heterocycles. The van der Waals surface area contributed by atoms with Crippen molar-refractivity contribution in [1.82, 2.24) is 14.9 Å². The van der Waals surface area contributed by atoms with E-state index in [0.717, 1.165) is 18.8 Å². The highest BCUT2D eigenvalue weighted by Gasteiger charge is 2.11. The molecule has 0 saturated carbocycles. The number of imidazole rings is 1. The molecule has 0 spiro atoms. The lowest BCUT2D eigenvalue weighted by atomic mass is 10.1. The summed E-state index contributed by atoms with van der Waals surface area (Å²) in [6.07, 6.45) is 4.59. The van der Waals surface area contributed by atoms with Gasteiger partial charge in [0, 0.05) is 37.1 Å². The lowest BCUT2D eigenvalue weighted by Crippen LogP contribution is -2.20. The predicted molar refractivity (Wildman–Crippen MR) is 80.6 cm³/mol. The van der Waals surface area contributed by atoms with Crippen LogP contribution in [0.25, 0.3) is 0 Å². The first-order chi connectivity index (χ1) is 10.1. The van der Waals surface area contributed by atoms with E-state index in [0.29, 0.717) is 17.9 Å². The van der Waals surface area contributed by atoms with Gasteiger partial charge in [-0.1, -0.05) is 13.0 Å². The van der Waals surface area contributed by atoms with Crippen LogP contribution >= 0.6 is 0 Å². The first kappa shape index (κ1) is 15.5. The molecule has 0 saturated heterocycles. The second-order valence-corrected chi connectivity index (χ2v) is 5.10. The molecule has 0 aliphatic rings. The summed E-state index contributed by atoms with van der Waals surface area (Å²) in [6.45, 7) is 5.25. The van der Waals surface area contributed by atoms with Crippen molar-refractivity contribution >= 4 is 0 Å². The van der Waals surface area contributed by atoms with Gasteiger partial charge < -0.3 is 14.6 Å². The van der Waals surface area contributed by atoms with Gasteiger partial charge in [0.2, 0.25) is 0 Å². The Morgan fingerprint density at radius 1 is 1.43 bits per heavy atom. The predicted octanol–water partition coefficient (Wildman–Crippen LogP) is 3.20. The molecule has 0 bridgehead atoms. The highest BCUT2D eigenvalue weighted by Crippen LogP contribution is 2.22. The van der Waals surface area contributed by atoms with Gasteiger partial charge in [0.05, 0.1) is 0 Å². The molecule has 0 fully saturated rings. The minimum absolute atomic E-state index is 0.00598. The fourth-order valence-corrected chi connectivity index (χ4v) is 2.10. The van der Waals surface area contributed by atoms with E-state index in [2.05, 4.69) is 17.2 Å². The number of halogens is 1. The largest absolute Gasteiger partial charge is 0.486 e. The number of nitrogens with one attached hydrogen (secondary N) is 1. The van der Waals surface area contributed by atoms with Crippen molar-refractivity contribution in [3.8, 4) is 5.75 Å². The molecular formula is C16H22FN3O. The number of hydrogen-bond donors (Lipinski definition) is 1. The summed E-state index contributed by atoms with van der Waals surface area (Å²) in [6, 6.07) is 5.00. The minimum atomic E-state index is -0.247. The molecule has 1 atom stereocenters. The molecule has 2 rings (SSSR count). The zero-order chi connectivity index (χ0) is 15.2. The Hall–Kier alpha value is -1.88. The average molecular weight is 291 g/mol. The quantitative estimate of drug-likeness (QED) is 0.851. The van der Waals surface area contributed by atoms with Gasteiger partial charge in [-0.25, -0.2) is 9.37 Å². The van der Waals surface area contributed by atoms with Crippen LogP contribution < -0.4 is 10.1 Å². The Bertz CT molecular complexity index is 583. The first-order valence-electron chi connectivity index (χ1n) is 7.23. The molecule has 1 heterocycles. The molecule has 1 aromatic carbocycles. The molecule has 4 nitrogen and oxygen atoms in total. The van der Waals surface area contributed by atoms with Gasteiger partial charge in [-0.2, -0.15) is 0 Å². The van der Waals surface area contributed by atoms with Crippen LogP contribution in [-0.2, 0) is 13.7 Å². The van der Waals surface area contributed by atoms with Crippen LogP contribution in [0.1, 0.15) is 37.7 Å². The smallest absolute Gasteiger partial charge is 0.146 e. The Labute approximate surface area is 125 Å². The Balaban J connectivity index is 2.00. The van der Waals surface area contributed by atoms with Crippen LogP contribution in [0, 0.1) is 5.82 Å². The van der Waals surface area contributed by atoms with E-state index in [1.807, 2.05) is 24.7 Å². The van der Waals surface area contributed by atoms with E-state index in [-0.39, 0.29) is 11.9 Å². The number of rotatable bonds is 7. The van der Waals surface area contributed by atoms with Crippen molar-refractivity contribution in [2.75, 3.05) is 6.54 Å². The average Bonchev–Trinajstić information content (AvgIpc) is 2.88. The third-order valence-corrected chi connectivity index (χ3v) is 3.43. The minimum Gasteiger partial charge on any atom is -0.486 e. The van der Waals surface area contributed by atoms with Crippen molar-refractivity contribution in [2.45, 2.75) is 32.9 Å². The van der Waals surface area contributed by atoms with Crippen molar-refractivity contribution in [1.29, 1.82) is 0 Å². The maximum Gasteiger partial charge on any atom is 0.146 e. The van der Waals surface area contributed by atoms with E-state index in [4.69, 9.17) is 4.74 Å². The molecule has 1 aromatic heterocycles. The van der Waals surface area contributed by atoms with Crippen molar-refractivity contribution in [3.63, 3.8) is 0 Å². The standard InChI is InChI=1S/C16H22FN3O/c1-4-7-18-12(2)14-6-5-13(10-15(14)17)21-11-16-19-8-9-20(16)3/h5-6,8-10,12,18H,4,7,11H2,1-3H3. The van der Waals surface area contributed by atoms with Gasteiger partial charge in [-0.3, -0.25) is 0 Å². The number of hydrogen-bond acceptors (Lipinski definition) is 3. The Morgan fingerprint density at radius 3 is 2.86 bits per heavy atom. The maximum atomic E-state index is 14.1. The van der Waals surface area contributed by atoms with Crippen LogP contribution in [0.5, 0.6) is 5.75 Å². The fourth-order valence-electron chi connectivity index (χ4n) is 2.10. The van der Waals surface area contributed by atoms with E-state index in [9.17, 15) is 4.39 Å². The molecule has 114 valence electrons. The zero-order valence-electron chi connectivity index (χ0n) is 12.8. The molecule has 1 N–H and O–H groups in total. The van der Waals surface area contributed by atoms with Crippen molar-refractivity contribution < 1.29 is 9.13 Å². The molecule has 0 amide bonds. The van der Waals surface area contributed by atoms with Crippen LogP contribution in [-0.4, -0.2) is 16.1 Å². The van der Waals surface area contributed by atoms with Gasteiger partial charge in [0.1, 0.15) is 24.0 Å². The van der Waals surface area contributed by atoms with Gasteiger partial charge in [0.15, 0.2) is 0 Å². The van der Waals surface area contributed by atoms with E-state index in [1.165, 1.54) is 6.07 Å². The summed E-state index contributed by atoms with van der Waals surface area (Å²) in [7, 11) is 1.90. The first-order valence-corrected chi connectivity index (χ1v) is 7.23. The lowest BCUT2D eigenvalue weighted by molar-refractivity contribution is 0.290. The number of aryl methyl sites for hydroxylation is 1. The summed E-state index contributed by atoms with van der Waals surface area (Å²) in [5.41, 5.74) is 0.660. The molecule has 2 aromatic rings. The SMILES string of the molecule is CCCNC(C)c1ccc(OCc2nccn2C)cc1F. The van der Waals surface area contributed by atoms with Crippen molar-refractivity contribution in [2.24, 2.45) is 7.05 Å². The topological polar surface area (TPSA) is 39.1 Å². The zero-order valence-corrected chi connectivity index (χ0v) is 12.8.